The van der Waals surface area contributed by atoms with Crippen LogP contribution in [-0.4, -0.2) is 23.4 Å². The van der Waals surface area contributed by atoms with Crippen LogP contribution in [0.1, 0.15) is 55.3 Å². The van der Waals surface area contributed by atoms with Gasteiger partial charge in [-0.05, 0) is 61.4 Å². The van der Waals surface area contributed by atoms with Crippen molar-refractivity contribution < 1.29 is 9.18 Å². The molecular formula is C20H25FN2OS. The van der Waals surface area contributed by atoms with E-state index in [0.717, 1.165) is 24.9 Å². The maximum absolute atomic E-state index is 13.1. The number of benzene rings is 1. The third kappa shape index (κ3) is 3.77. The molecule has 1 aromatic carbocycles. The van der Waals surface area contributed by atoms with E-state index in [2.05, 4.69) is 28.6 Å². The van der Waals surface area contributed by atoms with Gasteiger partial charge in [0.2, 0.25) is 5.91 Å². The van der Waals surface area contributed by atoms with Crippen molar-refractivity contribution in [3.05, 3.63) is 57.5 Å². The Bertz CT molecular complexity index is 728. The van der Waals surface area contributed by atoms with Gasteiger partial charge in [-0.2, -0.15) is 0 Å². The zero-order valence-corrected chi connectivity index (χ0v) is 15.8. The van der Waals surface area contributed by atoms with Crippen LogP contribution in [-0.2, 0) is 11.2 Å². The van der Waals surface area contributed by atoms with Gasteiger partial charge in [-0.25, -0.2) is 4.39 Å². The van der Waals surface area contributed by atoms with Gasteiger partial charge in [0.05, 0.1) is 12.1 Å². The van der Waals surface area contributed by atoms with Crippen LogP contribution < -0.4 is 5.32 Å². The molecule has 0 radical (unpaired) electrons. The van der Waals surface area contributed by atoms with Crippen LogP contribution in [0.5, 0.6) is 0 Å². The number of nitrogens with one attached hydrogen (secondary N) is 1. The summed E-state index contributed by atoms with van der Waals surface area (Å²) in [4.78, 5) is 16.5. The van der Waals surface area contributed by atoms with Crippen molar-refractivity contribution in [3.63, 3.8) is 0 Å². The first-order chi connectivity index (χ1) is 12.0. The Labute approximate surface area is 152 Å². The summed E-state index contributed by atoms with van der Waals surface area (Å²) in [6, 6.07) is 8.46. The van der Waals surface area contributed by atoms with Crippen molar-refractivity contribution in [1.82, 2.24) is 10.2 Å². The van der Waals surface area contributed by atoms with Gasteiger partial charge in [-0.3, -0.25) is 9.69 Å². The number of fused-ring (bicyclic) bond motifs is 1. The molecule has 1 N–H and O–H groups in total. The Morgan fingerprint density at radius 3 is 2.72 bits per heavy atom. The quantitative estimate of drug-likeness (QED) is 0.854. The minimum absolute atomic E-state index is 0.0222. The number of carbonyl (C=O) groups excluding carboxylic acids is 1. The van der Waals surface area contributed by atoms with Crippen LogP contribution in [0.4, 0.5) is 4.39 Å². The molecule has 1 aliphatic rings. The highest BCUT2D eigenvalue weighted by atomic mass is 32.1. The smallest absolute Gasteiger partial charge is 0.237 e. The summed E-state index contributed by atoms with van der Waals surface area (Å²) in [7, 11) is 0. The highest BCUT2D eigenvalue weighted by molar-refractivity contribution is 7.10. The standard InChI is InChI=1S/C20H25FN2OS/c1-4-18-17-10-12-25-19(17)9-11-23(18)14(3)20(24)22-13(2)15-5-7-16(21)8-6-15/h5-8,10,12-14,18H,4,9,11H2,1-3H3,(H,22,24)/t13-,14-,18-/m1/s1. The third-order valence-corrected chi connectivity index (χ3v) is 6.13. The number of halogens is 1. The Hall–Kier alpha value is -1.72. The number of nitrogens with zero attached hydrogens (tertiary/aromatic N) is 1. The molecule has 3 rings (SSSR count). The topological polar surface area (TPSA) is 32.3 Å². The van der Waals surface area contributed by atoms with Gasteiger partial charge < -0.3 is 5.32 Å². The molecule has 0 bridgehead atoms. The van der Waals surface area contributed by atoms with E-state index in [1.165, 1.54) is 22.6 Å². The van der Waals surface area contributed by atoms with E-state index >= 15 is 0 Å². The van der Waals surface area contributed by atoms with Crippen molar-refractivity contribution in [2.24, 2.45) is 0 Å². The molecule has 2 aromatic rings. The third-order valence-electron chi connectivity index (χ3n) is 5.13. The van der Waals surface area contributed by atoms with E-state index in [1.54, 1.807) is 12.1 Å². The zero-order chi connectivity index (χ0) is 18.0. The van der Waals surface area contributed by atoms with Crippen molar-refractivity contribution in [2.75, 3.05) is 6.54 Å². The molecule has 5 heteroatoms. The predicted molar refractivity (Wildman–Crippen MR) is 100 cm³/mol. The lowest BCUT2D eigenvalue weighted by Gasteiger charge is -2.39. The van der Waals surface area contributed by atoms with E-state index in [-0.39, 0.29) is 23.8 Å². The molecule has 0 spiro atoms. The lowest BCUT2D eigenvalue weighted by molar-refractivity contribution is -0.127. The van der Waals surface area contributed by atoms with Gasteiger partial charge in [0.25, 0.3) is 0 Å². The summed E-state index contributed by atoms with van der Waals surface area (Å²) >= 11 is 1.82. The highest BCUT2D eigenvalue weighted by Crippen LogP contribution is 2.36. The van der Waals surface area contributed by atoms with Gasteiger partial charge >= 0.3 is 0 Å². The average Bonchev–Trinajstić information content (AvgIpc) is 3.09. The molecule has 0 saturated carbocycles. The normalized spacial score (nSPS) is 19.9. The molecule has 3 nitrogen and oxygen atoms in total. The average molecular weight is 360 g/mol. The number of hydrogen-bond donors (Lipinski definition) is 1. The molecule has 1 aromatic heterocycles. The van der Waals surface area contributed by atoms with Gasteiger partial charge in [-0.15, -0.1) is 11.3 Å². The van der Waals surface area contributed by atoms with Gasteiger partial charge in [0.15, 0.2) is 0 Å². The molecular weight excluding hydrogens is 335 g/mol. The van der Waals surface area contributed by atoms with E-state index < -0.39 is 0 Å². The minimum atomic E-state index is -0.263. The lowest BCUT2D eigenvalue weighted by atomic mass is 9.96. The van der Waals surface area contributed by atoms with Crippen molar-refractivity contribution >= 4 is 17.2 Å². The Morgan fingerprint density at radius 1 is 1.32 bits per heavy atom. The van der Waals surface area contributed by atoms with Gasteiger partial charge in [0.1, 0.15) is 5.82 Å². The van der Waals surface area contributed by atoms with Crippen molar-refractivity contribution in [1.29, 1.82) is 0 Å². The zero-order valence-electron chi connectivity index (χ0n) is 15.0. The number of thiophene rings is 1. The van der Waals surface area contributed by atoms with Crippen LogP contribution in [0.25, 0.3) is 0 Å². The number of amides is 1. The van der Waals surface area contributed by atoms with E-state index in [4.69, 9.17) is 0 Å². The fourth-order valence-electron chi connectivity index (χ4n) is 3.65. The first-order valence-electron chi connectivity index (χ1n) is 8.89. The Balaban J connectivity index is 1.68. The number of rotatable bonds is 5. The molecule has 25 heavy (non-hydrogen) atoms. The second kappa shape index (κ2) is 7.67. The van der Waals surface area contributed by atoms with Crippen molar-refractivity contribution in [2.45, 2.75) is 51.7 Å². The van der Waals surface area contributed by atoms with Gasteiger partial charge in [-0.1, -0.05) is 19.1 Å². The number of hydrogen-bond acceptors (Lipinski definition) is 3. The molecule has 2 heterocycles. The van der Waals surface area contributed by atoms with Gasteiger partial charge in [0, 0.05) is 17.5 Å². The fourth-order valence-corrected chi connectivity index (χ4v) is 4.58. The maximum atomic E-state index is 13.1. The van der Waals surface area contributed by atoms with E-state index in [9.17, 15) is 9.18 Å². The molecule has 3 atom stereocenters. The van der Waals surface area contributed by atoms with Crippen LogP contribution in [0.15, 0.2) is 35.7 Å². The molecule has 0 aliphatic carbocycles. The predicted octanol–water partition coefficient (Wildman–Crippen LogP) is 4.46. The lowest BCUT2D eigenvalue weighted by Crippen LogP contribution is -2.49. The Morgan fingerprint density at radius 2 is 2.04 bits per heavy atom. The maximum Gasteiger partial charge on any atom is 0.237 e. The van der Waals surface area contributed by atoms with Crippen LogP contribution in [0.3, 0.4) is 0 Å². The highest BCUT2D eigenvalue weighted by Gasteiger charge is 2.33. The molecule has 0 unspecified atom stereocenters. The van der Waals surface area contributed by atoms with Crippen LogP contribution in [0, 0.1) is 5.82 Å². The largest absolute Gasteiger partial charge is 0.348 e. The molecule has 0 saturated heterocycles. The second-order valence-electron chi connectivity index (χ2n) is 6.67. The first-order valence-corrected chi connectivity index (χ1v) is 9.77. The van der Waals surface area contributed by atoms with Crippen LogP contribution in [0.2, 0.25) is 0 Å². The summed E-state index contributed by atoms with van der Waals surface area (Å²) in [6.45, 7) is 7.00. The van der Waals surface area contributed by atoms with Crippen molar-refractivity contribution in [3.8, 4) is 0 Å². The minimum Gasteiger partial charge on any atom is -0.348 e. The molecule has 1 aliphatic heterocycles. The second-order valence-corrected chi connectivity index (χ2v) is 7.67. The SMILES string of the molecule is CC[C@@H]1c2ccsc2CCN1[C@H](C)C(=O)N[C@H](C)c1ccc(F)cc1. The van der Waals surface area contributed by atoms with Crippen LogP contribution >= 0.6 is 11.3 Å². The monoisotopic (exact) mass is 360 g/mol. The van der Waals surface area contributed by atoms with E-state index in [0.29, 0.717) is 6.04 Å². The summed E-state index contributed by atoms with van der Waals surface area (Å²) in [5, 5.41) is 5.23. The Kier molecular flexibility index (Phi) is 5.54. The fraction of sp³-hybridized carbons (Fsp3) is 0.450. The summed E-state index contributed by atoms with van der Waals surface area (Å²) in [5.74, 6) is -0.240. The molecule has 134 valence electrons. The summed E-state index contributed by atoms with van der Waals surface area (Å²) in [6.07, 6.45) is 2.00. The molecule has 1 amide bonds. The first kappa shape index (κ1) is 18.1. The summed E-state index contributed by atoms with van der Waals surface area (Å²) < 4.78 is 13.1. The summed E-state index contributed by atoms with van der Waals surface area (Å²) in [5.41, 5.74) is 2.29. The van der Waals surface area contributed by atoms with E-state index in [1.807, 2.05) is 25.2 Å². The molecule has 0 fully saturated rings. The number of carbonyl (C=O) groups is 1.